The summed E-state index contributed by atoms with van der Waals surface area (Å²) in [6.45, 7) is 12.8. The van der Waals surface area contributed by atoms with E-state index in [4.69, 9.17) is 18.8 Å². The SMILES string of the molecule is COc1ccc(CN(C)[S+]([O-])c2ccc(N(C(=O)OC(C)(C)C)c3ccc(C(F)(F)F)cn3)c(B3OC(C)(C)C(C)(C)O3)c2)cc1. The molecule has 14 heteroatoms. The van der Waals surface area contributed by atoms with Crippen LogP contribution in [0.25, 0.3) is 0 Å². The molecule has 0 bridgehead atoms. The van der Waals surface area contributed by atoms with Gasteiger partial charge in [0.1, 0.15) is 17.2 Å². The normalized spacial score (nSPS) is 16.8. The third-order valence-electron chi connectivity index (χ3n) is 7.68. The van der Waals surface area contributed by atoms with Gasteiger partial charge in [-0.25, -0.2) is 14.7 Å². The molecular formula is C32H39BF3N3O6S. The number of aromatic nitrogens is 1. The largest absolute Gasteiger partial charge is 0.593 e. The molecule has 0 saturated carbocycles. The molecule has 2 heterocycles. The van der Waals surface area contributed by atoms with Crippen LogP contribution in [0.2, 0.25) is 0 Å². The van der Waals surface area contributed by atoms with Gasteiger partial charge in [0.25, 0.3) is 0 Å². The van der Waals surface area contributed by atoms with Crippen molar-refractivity contribution in [1.82, 2.24) is 9.29 Å². The van der Waals surface area contributed by atoms with E-state index in [1.165, 1.54) is 6.07 Å². The van der Waals surface area contributed by atoms with Gasteiger partial charge in [0, 0.05) is 18.7 Å². The number of pyridine rings is 1. The minimum Gasteiger partial charge on any atom is -0.593 e. The van der Waals surface area contributed by atoms with E-state index in [1.54, 1.807) is 51.4 Å². The van der Waals surface area contributed by atoms with Crippen molar-refractivity contribution in [2.45, 2.75) is 82.9 Å². The Morgan fingerprint density at radius 2 is 1.61 bits per heavy atom. The number of amides is 1. The molecule has 1 unspecified atom stereocenters. The molecule has 2 aromatic carbocycles. The topological polar surface area (TPSA) is 96.4 Å². The molecule has 3 aromatic rings. The number of anilines is 2. The van der Waals surface area contributed by atoms with E-state index in [9.17, 15) is 22.5 Å². The van der Waals surface area contributed by atoms with Crippen LogP contribution >= 0.6 is 0 Å². The van der Waals surface area contributed by atoms with Crippen LogP contribution in [0.4, 0.5) is 29.5 Å². The number of carbonyl (C=O) groups is 1. The Bertz CT molecular complexity index is 1520. The van der Waals surface area contributed by atoms with Crippen molar-refractivity contribution >= 4 is 41.5 Å². The fourth-order valence-electron chi connectivity index (χ4n) is 4.54. The second-order valence-corrected chi connectivity index (χ2v) is 14.5. The predicted molar refractivity (Wildman–Crippen MR) is 171 cm³/mol. The summed E-state index contributed by atoms with van der Waals surface area (Å²) < 4.78 is 79.2. The molecule has 46 heavy (non-hydrogen) atoms. The lowest BCUT2D eigenvalue weighted by Crippen LogP contribution is -2.42. The number of methoxy groups -OCH3 is 1. The fraction of sp³-hybridized carbons (Fsp3) is 0.438. The van der Waals surface area contributed by atoms with E-state index in [0.717, 1.165) is 22.6 Å². The molecule has 1 aromatic heterocycles. The average molecular weight is 662 g/mol. The summed E-state index contributed by atoms with van der Waals surface area (Å²) in [5.41, 5.74) is -2.08. The number of carbonyl (C=O) groups excluding carboxylic acids is 1. The molecule has 9 nitrogen and oxygen atoms in total. The Morgan fingerprint density at radius 1 is 1.00 bits per heavy atom. The summed E-state index contributed by atoms with van der Waals surface area (Å²) in [7, 11) is 2.25. The van der Waals surface area contributed by atoms with Crippen molar-refractivity contribution in [3.8, 4) is 5.75 Å². The minimum absolute atomic E-state index is 0.120. The van der Waals surface area contributed by atoms with E-state index >= 15 is 0 Å². The van der Waals surface area contributed by atoms with Crippen LogP contribution in [-0.4, -0.2) is 58.0 Å². The quantitative estimate of drug-likeness (QED) is 0.196. The lowest BCUT2D eigenvalue weighted by Gasteiger charge is -2.32. The van der Waals surface area contributed by atoms with Crippen LogP contribution in [0.15, 0.2) is 65.7 Å². The molecular weight excluding hydrogens is 622 g/mol. The highest BCUT2D eigenvalue weighted by molar-refractivity contribution is 7.89. The van der Waals surface area contributed by atoms with Crippen molar-refractivity contribution in [3.05, 3.63) is 71.9 Å². The highest BCUT2D eigenvalue weighted by Crippen LogP contribution is 2.39. The molecule has 0 radical (unpaired) electrons. The van der Waals surface area contributed by atoms with E-state index in [-0.39, 0.29) is 11.5 Å². The van der Waals surface area contributed by atoms with Crippen molar-refractivity contribution < 1.29 is 41.3 Å². The summed E-state index contributed by atoms with van der Waals surface area (Å²) in [4.78, 5) is 19.2. The van der Waals surface area contributed by atoms with Crippen LogP contribution in [-0.2, 0) is 38.1 Å². The molecule has 0 spiro atoms. The summed E-state index contributed by atoms with van der Waals surface area (Å²) in [5.74, 6) is 0.581. The summed E-state index contributed by atoms with van der Waals surface area (Å²) in [5, 5.41) is 0. The monoisotopic (exact) mass is 661 g/mol. The van der Waals surface area contributed by atoms with Gasteiger partial charge in [-0.3, -0.25) is 0 Å². The third-order valence-corrected chi connectivity index (χ3v) is 9.03. The minimum atomic E-state index is -4.63. The van der Waals surface area contributed by atoms with Gasteiger partial charge < -0.3 is 23.3 Å². The van der Waals surface area contributed by atoms with E-state index in [0.29, 0.717) is 28.8 Å². The van der Waals surface area contributed by atoms with Gasteiger partial charge in [0.15, 0.2) is 4.90 Å². The summed E-state index contributed by atoms with van der Waals surface area (Å²) in [6, 6.07) is 14.0. The van der Waals surface area contributed by atoms with Crippen molar-refractivity contribution in [2.75, 3.05) is 19.1 Å². The summed E-state index contributed by atoms with van der Waals surface area (Å²) in [6.07, 6.45) is -4.86. The molecule has 1 aliphatic rings. The van der Waals surface area contributed by atoms with Gasteiger partial charge in [-0.1, -0.05) is 12.1 Å². The zero-order chi connectivity index (χ0) is 34.2. The number of benzene rings is 2. The van der Waals surface area contributed by atoms with Crippen LogP contribution in [0.5, 0.6) is 5.75 Å². The molecule has 1 aliphatic heterocycles. The molecule has 1 atom stereocenters. The number of ether oxygens (including phenoxy) is 2. The first-order chi connectivity index (χ1) is 21.2. The maximum absolute atomic E-state index is 13.8. The smallest absolute Gasteiger partial charge is 0.497 e. The van der Waals surface area contributed by atoms with Gasteiger partial charge in [-0.15, -0.1) is 4.31 Å². The number of rotatable bonds is 8. The Morgan fingerprint density at radius 3 is 2.11 bits per heavy atom. The second-order valence-electron chi connectivity index (χ2n) is 12.9. The van der Waals surface area contributed by atoms with Crippen LogP contribution in [0.1, 0.15) is 59.6 Å². The number of hydrogen-bond donors (Lipinski definition) is 0. The second kappa shape index (κ2) is 13.1. The van der Waals surface area contributed by atoms with E-state index in [2.05, 4.69) is 4.98 Å². The Labute approximate surface area is 271 Å². The first-order valence-electron chi connectivity index (χ1n) is 14.5. The summed E-state index contributed by atoms with van der Waals surface area (Å²) >= 11 is -1.67. The number of alkyl halides is 3. The maximum atomic E-state index is 13.8. The molecule has 1 amide bonds. The maximum Gasteiger partial charge on any atom is 0.497 e. The average Bonchev–Trinajstić information content (AvgIpc) is 3.18. The zero-order valence-corrected chi connectivity index (χ0v) is 28.2. The lowest BCUT2D eigenvalue weighted by molar-refractivity contribution is -0.137. The van der Waals surface area contributed by atoms with Gasteiger partial charge in [-0.2, -0.15) is 13.2 Å². The van der Waals surface area contributed by atoms with Gasteiger partial charge in [-0.05, 0) is 96.5 Å². The van der Waals surface area contributed by atoms with E-state index < -0.39 is 53.1 Å². The van der Waals surface area contributed by atoms with Crippen LogP contribution in [0, 0.1) is 0 Å². The Hall–Kier alpha value is -3.30. The fourth-order valence-corrected chi connectivity index (χ4v) is 5.58. The zero-order valence-electron chi connectivity index (χ0n) is 27.4. The Kier molecular flexibility index (Phi) is 10.1. The highest BCUT2D eigenvalue weighted by Gasteiger charge is 2.53. The standard InChI is InChI=1S/C32H39BF3N3O6S/c1-29(2,3)43-28(40)39(27-17-12-22(19-37-27)32(34,35)36)26-16-15-24(18-25(26)33-44-30(4,5)31(6,7)45-33)46(41)38(8)20-21-10-13-23(42-9)14-11-21/h10-19H,20H2,1-9H3. The van der Waals surface area contributed by atoms with Gasteiger partial charge in [0.2, 0.25) is 0 Å². The van der Waals surface area contributed by atoms with Crippen molar-refractivity contribution in [3.63, 3.8) is 0 Å². The third kappa shape index (κ3) is 7.97. The highest BCUT2D eigenvalue weighted by atomic mass is 32.2. The van der Waals surface area contributed by atoms with E-state index in [1.807, 2.05) is 52.0 Å². The first kappa shape index (κ1) is 35.6. The molecule has 248 valence electrons. The first-order valence-corrected chi connectivity index (χ1v) is 15.6. The molecule has 1 fully saturated rings. The van der Waals surface area contributed by atoms with Gasteiger partial charge >= 0.3 is 19.4 Å². The molecule has 4 rings (SSSR count). The van der Waals surface area contributed by atoms with Crippen LogP contribution < -0.4 is 15.1 Å². The predicted octanol–water partition coefficient (Wildman–Crippen LogP) is 6.64. The molecule has 1 saturated heterocycles. The lowest BCUT2D eigenvalue weighted by atomic mass is 9.77. The van der Waals surface area contributed by atoms with Crippen molar-refractivity contribution in [2.24, 2.45) is 0 Å². The van der Waals surface area contributed by atoms with Crippen molar-refractivity contribution in [1.29, 1.82) is 0 Å². The van der Waals surface area contributed by atoms with Gasteiger partial charge in [0.05, 0.1) is 47.5 Å². The Balaban J connectivity index is 1.81. The number of halogens is 3. The molecule has 0 aliphatic carbocycles. The van der Waals surface area contributed by atoms with Crippen LogP contribution in [0.3, 0.4) is 0 Å². The molecule has 0 N–H and O–H groups in total. The number of hydrogen-bond acceptors (Lipinski definition) is 8. The number of nitrogens with zero attached hydrogens (tertiary/aromatic N) is 3.